The summed E-state index contributed by atoms with van der Waals surface area (Å²) in [6, 6.07) is 11.6. The standard InChI is InChI=1S/C18H19N5O/c1-2-22-12-11-16(20-22)18(24)19-17-14-9-6-10-15(14)21-23(17)13-7-4-3-5-8-13/h3-5,7-8,11-12H,2,6,9-10H2,1H3,(H,19,24). The molecule has 2 heterocycles. The minimum Gasteiger partial charge on any atom is -0.305 e. The predicted octanol–water partition coefficient (Wildman–Crippen LogP) is 2.83. The summed E-state index contributed by atoms with van der Waals surface area (Å²) in [7, 11) is 0. The molecule has 0 atom stereocenters. The zero-order chi connectivity index (χ0) is 16.5. The van der Waals surface area contributed by atoms with Crippen LogP contribution in [0.2, 0.25) is 0 Å². The molecule has 3 aromatic rings. The van der Waals surface area contributed by atoms with Crippen molar-refractivity contribution in [1.82, 2.24) is 19.6 Å². The van der Waals surface area contributed by atoms with Crippen LogP contribution in [0.25, 0.3) is 5.69 Å². The monoisotopic (exact) mass is 321 g/mol. The van der Waals surface area contributed by atoms with Gasteiger partial charge in [0.25, 0.3) is 5.91 Å². The molecule has 0 spiro atoms. The second-order valence-electron chi connectivity index (χ2n) is 5.89. The maximum Gasteiger partial charge on any atom is 0.277 e. The fourth-order valence-electron chi connectivity index (χ4n) is 3.11. The maximum atomic E-state index is 12.6. The molecule has 1 N–H and O–H groups in total. The van der Waals surface area contributed by atoms with Crippen molar-refractivity contribution in [3.63, 3.8) is 0 Å². The van der Waals surface area contributed by atoms with Gasteiger partial charge in [-0.25, -0.2) is 4.68 Å². The molecular formula is C18H19N5O. The number of anilines is 1. The van der Waals surface area contributed by atoms with Gasteiger partial charge in [-0.1, -0.05) is 18.2 Å². The molecule has 1 amide bonds. The molecule has 1 aromatic carbocycles. The Balaban J connectivity index is 1.70. The lowest BCUT2D eigenvalue weighted by Gasteiger charge is -2.10. The van der Waals surface area contributed by atoms with Crippen molar-refractivity contribution < 1.29 is 4.79 Å². The number of hydrogen-bond donors (Lipinski definition) is 1. The summed E-state index contributed by atoms with van der Waals surface area (Å²) in [5.41, 5.74) is 3.58. The SMILES string of the molecule is CCn1ccc(C(=O)Nc2c3c(nn2-c2ccccc2)CCC3)n1. The number of carbonyl (C=O) groups excluding carboxylic acids is 1. The average molecular weight is 321 g/mol. The van der Waals surface area contributed by atoms with Crippen LogP contribution in [-0.4, -0.2) is 25.5 Å². The number of fused-ring (bicyclic) bond motifs is 1. The first-order valence-corrected chi connectivity index (χ1v) is 8.27. The van der Waals surface area contributed by atoms with Crippen LogP contribution in [0.15, 0.2) is 42.6 Å². The zero-order valence-corrected chi connectivity index (χ0v) is 13.6. The smallest absolute Gasteiger partial charge is 0.277 e. The van der Waals surface area contributed by atoms with Crippen LogP contribution in [0.4, 0.5) is 5.82 Å². The van der Waals surface area contributed by atoms with Crippen molar-refractivity contribution in [2.75, 3.05) is 5.32 Å². The number of amides is 1. The summed E-state index contributed by atoms with van der Waals surface area (Å²) in [6.45, 7) is 2.73. The first-order chi connectivity index (χ1) is 11.8. The largest absolute Gasteiger partial charge is 0.305 e. The van der Waals surface area contributed by atoms with Gasteiger partial charge in [-0.15, -0.1) is 0 Å². The summed E-state index contributed by atoms with van der Waals surface area (Å²) in [4.78, 5) is 12.6. The van der Waals surface area contributed by atoms with Crippen molar-refractivity contribution in [3.05, 3.63) is 59.5 Å². The minimum absolute atomic E-state index is 0.200. The topological polar surface area (TPSA) is 64.7 Å². The normalized spacial score (nSPS) is 13.0. The van der Waals surface area contributed by atoms with Crippen LogP contribution < -0.4 is 5.32 Å². The maximum absolute atomic E-state index is 12.6. The van der Waals surface area contributed by atoms with Gasteiger partial charge >= 0.3 is 0 Å². The number of carbonyl (C=O) groups is 1. The van der Waals surface area contributed by atoms with Crippen molar-refractivity contribution >= 4 is 11.7 Å². The minimum atomic E-state index is -0.200. The number of aryl methyl sites for hydroxylation is 2. The molecule has 0 saturated heterocycles. The molecule has 0 fully saturated rings. The molecule has 122 valence electrons. The van der Waals surface area contributed by atoms with E-state index in [0.717, 1.165) is 48.6 Å². The fraction of sp³-hybridized carbons (Fsp3) is 0.278. The van der Waals surface area contributed by atoms with Crippen LogP contribution in [0.3, 0.4) is 0 Å². The van der Waals surface area contributed by atoms with Gasteiger partial charge in [0.15, 0.2) is 5.69 Å². The van der Waals surface area contributed by atoms with Crippen LogP contribution in [-0.2, 0) is 19.4 Å². The summed E-state index contributed by atoms with van der Waals surface area (Å²) >= 11 is 0. The predicted molar refractivity (Wildman–Crippen MR) is 91.4 cm³/mol. The van der Waals surface area contributed by atoms with E-state index in [1.165, 1.54) is 0 Å². The van der Waals surface area contributed by atoms with Crippen molar-refractivity contribution in [1.29, 1.82) is 0 Å². The van der Waals surface area contributed by atoms with E-state index in [9.17, 15) is 4.79 Å². The van der Waals surface area contributed by atoms with Gasteiger partial charge in [-0.3, -0.25) is 9.48 Å². The Morgan fingerprint density at radius 3 is 2.75 bits per heavy atom. The van der Waals surface area contributed by atoms with Crippen molar-refractivity contribution in [3.8, 4) is 5.69 Å². The van der Waals surface area contributed by atoms with E-state index >= 15 is 0 Å². The summed E-state index contributed by atoms with van der Waals surface area (Å²) < 4.78 is 3.58. The molecule has 24 heavy (non-hydrogen) atoms. The van der Waals surface area contributed by atoms with Gasteiger partial charge in [0.05, 0.1) is 11.4 Å². The Morgan fingerprint density at radius 1 is 1.17 bits per heavy atom. The average Bonchev–Trinajstić information content (AvgIpc) is 3.32. The highest BCUT2D eigenvalue weighted by Gasteiger charge is 2.25. The van der Waals surface area contributed by atoms with Crippen LogP contribution in [0.5, 0.6) is 0 Å². The third-order valence-corrected chi connectivity index (χ3v) is 4.34. The number of aromatic nitrogens is 4. The lowest BCUT2D eigenvalue weighted by molar-refractivity contribution is 0.102. The second-order valence-corrected chi connectivity index (χ2v) is 5.89. The summed E-state index contributed by atoms with van der Waals surface area (Å²) in [6.07, 6.45) is 4.80. The summed E-state index contributed by atoms with van der Waals surface area (Å²) in [5, 5.41) is 12.0. The highest BCUT2D eigenvalue weighted by atomic mass is 16.2. The van der Waals surface area contributed by atoms with E-state index in [2.05, 4.69) is 10.4 Å². The van der Waals surface area contributed by atoms with E-state index in [-0.39, 0.29) is 5.91 Å². The zero-order valence-electron chi connectivity index (χ0n) is 13.6. The van der Waals surface area contributed by atoms with E-state index in [0.29, 0.717) is 5.69 Å². The third kappa shape index (κ3) is 2.50. The Kier molecular flexibility index (Phi) is 3.65. The third-order valence-electron chi connectivity index (χ3n) is 4.34. The van der Waals surface area contributed by atoms with Crippen molar-refractivity contribution in [2.24, 2.45) is 0 Å². The molecule has 6 nitrogen and oxygen atoms in total. The van der Waals surface area contributed by atoms with Crippen molar-refractivity contribution in [2.45, 2.75) is 32.7 Å². The van der Waals surface area contributed by atoms with Gasteiger partial charge in [0.2, 0.25) is 0 Å². The highest BCUT2D eigenvalue weighted by molar-refractivity contribution is 6.03. The first kappa shape index (κ1) is 14.7. The number of nitrogens with zero attached hydrogens (tertiary/aromatic N) is 4. The lowest BCUT2D eigenvalue weighted by Crippen LogP contribution is -2.17. The Labute approximate surface area is 140 Å². The van der Waals surface area contributed by atoms with E-state index in [4.69, 9.17) is 5.10 Å². The quantitative estimate of drug-likeness (QED) is 0.803. The Hall–Kier alpha value is -2.89. The molecule has 0 unspecified atom stereocenters. The molecule has 1 aliphatic carbocycles. The Morgan fingerprint density at radius 2 is 2.00 bits per heavy atom. The highest BCUT2D eigenvalue weighted by Crippen LogP contribution is 2.31. The molecule has 0 radical (unpaired) electrons. The van der Waals surface area contributed by atoms with Crippen LogP contribution in [0, 0.1) is 0 Å². The second kappa shape index (κ2) is 5.96. The van der Waals surface area contributed by atoms with Crippen LogP contribution >= 0.6 is 0 Å². The Bertz CT molecular complexity index is 878. The first-order valence-electron chi connectivity index (χ1n) is 8.27. The number of hydrogen-bond acceptors (Lipinski definition) is 3. The molecule has 0 aliphatic heterocycles. The van der Waals surface area contributed by atoms with Gasteiger partial charge in [0.1, 0.15) is 5.82 Å². The van der Waals surface area contributed by atoms with Gasteiger partial charge in [-0.2, -0.15) is 10.2 Å². The molecule has 0 bridgehead atoms. The van der Waals surface area contributed by atoms with E-state index in [1.54, 1.807) is 10.7 Å². The van der Waals surface area contributed by atoms with Crippen LogP contribution in [0.1, 0.15) is 35.1 Å². The molecule has 0 saturated carbocycles. The molecule has 4 rings (SSSR count). The molecule has 2 aromatic heterocycles. The fourth-order valence-corrected chi connectivity index (χ4v) is 3.11. The molecular weight excluding hydrogens is 302 g/mol. The number of nitrogens with one attached hydrogen (secondary N) is 1. The van der Waals surface area contributed by atoms with Gasteiger partial charge in [-0.05, 0) is 44.4 Å². The van der Waals surface area contributed by atoms with E-state index < -0.39 is 0 Å². The number of benzene rings is 1. The van der Waals surface area contributed by atoms with Gasteiger partial charge in [0, 0.05) is 18.3 Å². The summed E-state index contributed by atoms with van der Waals surface area (Å²) in [5.74, 6) is 0.568. The van der Waals surface area contributed by atoms with E-state index in [1.807, 2.05) is 48.1 Å². The molecule has 6 heteroatoms. The number of rotatable bonds is 4. The number of para-hydroxylation sites is 1. The lowest BCUT2D eigenvalue weighted by atomic mass is 10.2. The molecule has 1 aliphatic rings. The van der Waals surface area contributed by atoms with Gasteiger partial charge < -0.3 is 5.32 Å².